The first kappa shape index (κ1) is 11.5. The minimum atomic E-state index is -0.134. The van der Waals surface area contributed by atoms with E-state index in [9.17, 15) is 4.79 Å². The van der Waals surface area contributed by atoms with Gasteiger partial charge in [-0.1, -0.05) is 30.3 Å². The van der Waals surface area contributed by atoms with Crippen LogP contribution in [-0.4, -0.2) is 9.97 Å². The molecule has 3 aromatic rings. The second-order valence-corrected chi connectivity index (χ2v) is 4.27. The summed E-state index contributed by atoms with van der Waals surface area (Å²) >= 11 is 0. The molecule has 19 heavy (non-hydrogen) atoms. The van der Waals surface area contributed by atoms with Crippen molar-refractivity contribution >= 4 is 0 Å². The number of rotatable bonds is 2. The number of aromatic nitrogens is 2. The summed E-state index contributed by atoms with van der Waals surface area (Å²) in [5.74, 6) is 0.517. The van der Waals surface area contributed by atoms with Crippen molar-refractivity contribution in [3.63, 3.8) is 0 Å². The van der Waals surface area contributed by atoms with E-state index >= 15 is 0 Å². The Morgan fingerprint density at radius 1 is 1.11 bits per heavy atom. The molecule has 4 heteroatoms. The predicted octanol–water partition coefficient (Wildman–Crippen LogP) is 3.01. The Labute approximate surface area is 109 Å². The van der Waals surface area contributed by atoms with E-state index in [4.69, 9.17) is 4.42 Å². The topological polar surface area (TPSA) is 58.9 Å². The smallest absolute Gasteiger partial charge is 0.254 e. The molecule has 3 rings (SSSR count). The van der Waals surface area contributed by atoms with E-state index < -0.39 is 0 Å². The maximum atomic E-state index is 12.0. The van der Waals surface area contributed by atoms with Gasteiger partial charge in [0.25, 0.3) is 5.56 Å². The van der Waals surface area contributed by atoms with Crippen LogP contribution in [0.3, 0.4) is 0 Å². The van der Waals surface area contributed by atoms with Crippen LogP contribution in [-0.2, 0) is 0 Å². The zero-order valence-electron chi connectivity index (χ0n) is 10.4. The third kappa shape index (κ3) is 2.08. The van der Waals surface area contributed by atoms with Crippen LogP contribution in [0.2, 0.25) is 0 Å². The summed E-state index contributed by atoms with van der Waals surface area (Å²) in [7, 11) is 0. The standard InChI is InChI=1S/C15H12N2O2/c1-10-13(11-5-3-2-4-6-11)16-14(17-15(10)18)12-7-8-19-9-12/h2-9H,1H3,(H,16,17,18). The normalized spacial score (nSPS) is 10.6. The summed E-state index contributed by atoms with van der Waals surface area (Å²) in [5.41, 5.74) is 2.86. The molecule has 0 aliphatic rings. The largest absolute Gasteiger partial charge is 0.472 e. The SMILES string of the molecule is Cc1c(-c2ccccc2)nc(-c2ccoc2)[nH]c1=O. The van der Waals surface area contributed by atoms with Crippen molar-refractivity contribution in [1.29, 1.82) is 0 Å². The number of benzene rings is 1. The van der Waals surface area contributed by atoms with E-state index in [1.165, 1.54) is 0 Å². The lowest BCUT2D eigenvalue weighted by atomic mass is 10.1. The van der Waals surface area contributed by atoms with Crippen molar-refractivity contribution in [3.8, 4) is 22.6 Å². The van der Waals surface area contributed by atoms with E-state index in [-0.39, 0.29) is 5.56 Å². The van der Waals surface area contributed by atoms with Crippen LogP contribution in [0.1, 0.15) is 5.56 Å². The van der Waals surface area contributed by atoms with Crippen LogP contribution in [0.4, 0.5) is 0 Å². The number of hydrogen-bond donors (Lipinski definition) is 1. The Kier molecular flexibility index (Phi) is 2.76. The van der Waals surface area contributed by atoms with Crippen molar-refractivity contribution in [2.24, 2.45) is 0 Å². The van der Waals surface area contributed by atoms with Crippen molar-refractivity contribution in [2.45, 2.75) is 6.92 Å². The average molecular weight is 252 g/mol. The fourth-order valence-electron chi connectivity index (χ4n) is 1.95. The Bertz CT molecular complexity index is 744. The molecule has 0 aliphatic carbocycles. The van der Waals surface area contributed by atoms with Crippen molar-refractivity contribution in [2.75, 3.05) is 0 Å². The summed E-state index contributed by atoms with van der Waals surface area (Å²) in [6.45, 7) is 1.77. The van der Waals surface area contributed by atoms with Crippen LogP contribution < -0.4 is 5.56 Å². The van der Waals surface area contributed by atoms with Gasteiger partial charge in [-0.3, -0.25) is 4.79 Å². The summed E-state index contributed by atoms with van der Waals surface area (Å²) in [6, 6.07) is 11.4. The Balaban J connectivity index is 2.23. The third-order valence-electron chi connectivity index (χ3n) is 2.99. The van der Waals surface area contributed by atoms with Gasteiger partial charge in [0.05, 0.1) is 17.5 Å². The summed E-state index contributed by atoms with van der Waals surface area (Å²) in [4.78, 5) is 19.3. The second kappa shape index (κ2) is 4.57. The van der Waals surface area contributed by atoms with Gasteiger partial charge >= 0.3 is 0 Å². The van der Waals surface area contributed by atoms with Gasteiger partial charge in [0.15, 0.2) is 0 Å². The first-order valence-corrected chi connectivity index (χ1v) is 5.94. The van der Waals surface area contributed by atoms with Crippen LogP contribution in [0.25, 0.3) is 22.6 Å². The van der Waals surface area contributed by atoms with E-state index in [1.54, 1.807) is 25.5 Å². The quantitative estimate of drug-likeness (QED) is 0.762. The monoisotopic (exact) mass is 252 g/mol. The highest BCUT2D eigenvalue weighted by atomic mass is 16.3. The highest BCUT2D eigenvalue weighted by Gasteiger charge is 2.11. The lowest BCUT2D eigenvalue weighted by molar-refractivity contribution is 0.568. The highest BCUT2D eigenvalue weighted by Crippen LogP contribution is 2.21. The molecule has 0 saturated carbocycles. The molecular weight excluding hydrogens is 240 g/mol. The van der Waals surface area contributed by atoms with Crippen LogP contribution >= 0.6 is 0 Å². The predicted molar refractivity (Wildman–Crippen MR) is 72.7 cm³/mol. The Morgan fingerprint density at radius 2 is 1.89 bits per heavy atom. The lowest BCUT2D eigenvalue weighted by Gasteiger charge is -2.06. The van der Waals surface area contributed by atoms with Crippen molar-refractivity contribution in [1.82, 2.24) is 9.97 Å². The number of nitrogens with one attached hydrogen (secondary N) is 1. The molecule has 0 bridgehead atoms. The fraction of sp³-hybridized carbons (Fsp3) is 0.0667. The van der Waals surface area contributed by atoms with Crippen molar-refractivity contribution < 1.29 is 4.42 Å². The molecule has 0 spiro atoms. The molecule has 2 aromatic heterocycles. The molecule has 0 saturated heterocycles. The first-order valence-electron chi connectivity index (χ1n) is 5.94. The molecule has 0 unspecified atom stereocenters. The summed E-state index contributed by atoms with van der Waals surface area (Å²) in [6.07, 6.45) is 3.11. The Hall–Kier alpha value is -2.62. The van der Waals surface area contributed by atoms with Crippen molar-refractivity contribution in [3.05, 3.63) is 64.8 Å². The molecule has 0 radical (unpaired) electrons. The second-order valence-electron chi connectivity index (χ2n) is 4.27. The molecule has 0 amide bonds. The van der Waals surface area contributed by atoms with E-state index in [0.29, 0.717) is 17.1 Å². The van der Waals surface area contributed by atoms with E-state index in [2.05, 4.69) is 9.97 Å². The molecule has 0 aliphatic heterocycles. The molecular formula is C15H12N2O2. The fourth-order valence-corrected chi connectivity index (χ4v) is 1.95. The van der Waals surface area contributed by atoms with Gasteiger partial charge < -0.3 is 9.40 Å². The molecule has 1 N–H and O–H groups in total. The van der Waals surface area contributed by atoms with E-state index in [1.807, 2.05) is 30.3 Å². The average Bonchev–Trinajstić information content (AvgIpc) is 2.97. The number of hydrogen-bond acceptors (Lipinski definition) is 3. The van der Waals surface area contributed by atoms with Crippen LogP contribution in [0, 0.1) is 6.92 Å². The third-order valence-corrected chi connectivity index (χ3v) is 2.99. The minimum Gasteiger partial charge on any atom is -0.472 e. The number of H-pyrrole nitrogens is 1. The van der Waals surface area contributed by atoms with E-state index in [0.717, 1.165) is 11.1 Å². The highest BCUT2D eigenvalue weighted by molar-refractivity contribution is 5.65. The molecule has 94 valence electrons. The number of aromatic amines is 1. The molecule has 1 aromatic carbocycles. The lowest BCUT2D eigenvalue weighted by Crippen LogP contribution is -2.14. The number of nitrogens with zero attached hydrogens (tertiary/aromatic N) is 1. The zero-order chi connectivity index (χ0) is 13.2. The molecule has 2 heterocycles. The van der Waals surface area contributed by atoms with Gasteiger partial charge in [-0.2, -0.15) is 0 Å². The van der Waals surface area contributed by atoms with Gasteiger partial charge in [-0.15, -0.1) is 0 Å². The van der Waals surface area contributed by atoms with Gasteiger partial charge in [0.2, 0.25) is 0 Å². The maximum absolute atomic E-state index is 12.0. The van der Waals surface area contributed by atoms with Gasteiger partial charge in [-0.25, -0.2) is 4.98 Å². The molecule has 0 fully saturated rings. The van der Waals surface area contributed by atoms with Gasteiger partial charge in [0.1, 0.15) is 12.1 Å². The Morgan fingerprint density at radius 3 is 2.58 bits per heavy atom. The van der Waals surface area contributed by atoms with Crippen LogP contribution in [0.15, 0.2) is 58.1 Å². The first-order chi connectivity index (χ1) is 9.25. The van der Waals surface area contributed by atoms with Gasteiger partial charge in [0, 0.05) is 11.1 Å². The summed E-state index contributed by atoms with van der Waals surface area (Å²) < 4.78 is 5.02. The molecule has 0 atom stereocenters. The maximum Gasteiger partial charge on any atom is 0.254 e. The molecule has 4 nitrogen and oxygen atoms in total. The number of furan rings is 1. The van der Waals surface area contributed by atoms with Crippen LogP contribution in [0.5, 0.6) is 0 Å². The minimum absolute atomic E-state index is 0.134. The zero-order valence-corrected chi connectivity index (χ0v) is 10.4. The summed E-state index contributed by atoms with van der Waals surface area (Å²) in [5, 5.41) is 0. The van der Waals surface area contributed by atoms with Gasteiger partial charge in [-0.05, 0) is 13.0 Å².